The van der Waals surface area contributed by atoms with E-state index in [1.165, 1.54) is 12.4 Å². The van der Waals surface area contributed by atoms with Gasteiger partial charge in [-0.1, -0.05) is 91.0 Å². The third-order valence-corrected chi connectivity index (χ3v) is 5.85. The summed E-state index contributed by atoms with van der Waals surface area (Å²) in [6.45, 7) is 0.113. The largest absolute Gasteiger partial charge is 0.476 e. The fourth-order valence-corrected chi connectivity index (χ4v) is 4.34. The number of aromatic nitrogens is 4. The van der Waals surface area contributed by atoms with Crippen molar-refractivity contribution in [3.63, 3.8) is 0 Å². The second-order valence-corrected chi connectivity index (χ2v) is 7.86. The van der Waals surface area contributed by atoms with Crippen molar-refractivity contribution in [3.8, 4) is 5.88 Å². The number of carboxylic acids is 1. The first-order chi connectivity index (χ1) is 17.2. The maximum Gasteiger partial charge on any atom is 0.356 e. The van der Waals surface area contributed by atoms with Gasteiger partial charge in [0, 0.05) is 12.4 Å². The Hall–Kier alpha value is -4.78. The molecule has 0 aliphatic carbocycles. The molecule has 35 heavy (non-hydrogen) atoms. The van der Waals surface area contributed by atoms with E-state index in [0.29, 0.717) is 5.82 Å². The summed E-state index contributed by atoms with van der Waals surface area (Å²) in [6, 6.07) is 30.9. The number of nitrogens with zero attached hydrogens (tertiary/aromatic N) is 4. The van der Waals surface area contributed by atoms with Gasteiger partial charge in [0.1, 0.15) is 18.0 Å². The zero-order valence-corrected chi connectivity index (χ0v) is 18.7. The van der Waals surface area contributed by atoms with Gasteiger partial charge in [0.2, 0.25) is 5.88 Å². The highest BCUT2D eigenvalue weighted by molar-refractivity contribution is 5.84. The quantitative estimate of drug-likeness (QED) is 0.334. The van der Waals surface area contributed by atoms with E-state index in [0.717, 1.165) is 16.7 Å². The summed E-state index contributed by atoms with van der Waals surface area (Å²) < 4.78 is 8.00. The number of imidazole rings is 1. The van der Waals surface area contributed by atoms with Crippen molar-refractivity contribution < 1.29 is 14.6 Å². The van der Waals surface area contributed by atoms with Crippen LogP contribution in [0.4, 0.5) is 0 Å². The lowest BCUT2D eigenvalue weighted by atomic mass is 9.76. The van der Waals surface area contributed by atoms with E-state index in [1.54, 1.807) is 6.20 Å². The molecule has 0 fully saturated rings. The zero-order valence-electron chi connectivity index (χ0n) is 18.7. The lowest BCUT2D eigenvalue weighted by molar-refractivity contribution is 0.0689. The molecule has 7 nitrogen and oxygen atoms in total. The molecule has 0 aliphatic heterocycles. The number of ether oxygens (including phenoxy) is 1. The van der Waals surface area contributed by atoms with Gasteiger partial charge >= 0.3 is 5.97 Å². The average molecular weight is 463 g/mol. The molecule has 172 valence electrons. The second-order valence-electron chi connectivity index (χ2n) is 7.86. The highest BCUT2D eigenvalue weighted by atomic mass is 16.5. The zero-order chi connectivity index (χ0) is 24.1. The number of carbonyl (C=O) groups is 1. The van der Waals surface area contributed by atoms with Crippen LogP contribution in [0.25, 0.3) is 0 Å². The standard InChI is InChI=1S/C28H22N4O3/c33-27(34)24-18-31-26(19-30-24)35-20-25-29-16-17-32(25)28(21-10-4-1-5-11-21,22-12-6-2-7-13-22)23-14-8-3-9-15-23/h1-19H,20H2,(H,33,34). The van der Waals surface area contributed by atoms with Crippen molar-refractivity contribution >= 4 is 5.97 Å². The number of carboxylic acid groups (broad SMARTS) is 1. The van der Waals surface area contributed by atoms with E-state index >= 15 is 0 Å². The SMILES string of the molecule is O=C(O)c1cnc(OCc2nccn2C(c2ccccc2)(c2ccccc2)c2ccccc2)cn1. The third-order valence-electron chi connectivity index (χ3n) is 5.85. The number of hydrogen-bond acceptors (Lipinski definition) is 5. The molecule has 2 heterocycles. The number of benzene rings is 3. The minimum atomic E-state index is -1.14. The fraction of sp³-hybridized carbons (Fsp3) is 0.0714. The molecule has 1 N–H and O–H groups in total. The van der Waals surface area contributed by atoms with E-state index in [9.17, 15) is 4.79 Å². The molecular weight excluding hydrogens is 440 g/mol. The van der Waals surface area contributed by atoms with Crippen molar-refractivity contribution in [3.05, 3.63) is 144 Å². The van der Waals surface area contributed by atoms with Gasteiger partial charge in [-0.25, -0.2) is 19.7 Å². The molecular formula is C28H22N4O3. The molecule has 0 atom stereocenters. The summed E-state index contributed by atoms with van der Waals surface area (Å²) in [5.74, 6) is -0.252. The summed E-state index contributed by atoms with van der Waals surface area (Å²) in [4.78, 5) is 23.6. The van der Waals surface area contributed by atoms with Gasteiger partial charge < -0.3 is 14.4 Å². The van der Waals surface area contributed by atoms with E-state index < -0.39 is 11.5 Å². The van der Waals surface area contributed by atoms with Gasteiger partial charge in [-0.2, -0.15) is 0 Å². The highest BCUT2D eigenvalue weighted by Gasteiger charge is 2.39. The highest BCUT2D eigenvalue weighted by Crippen LogP contribution is 2.41. The monoisotopic (exact) mass is 462 g/mol. The van der Waals surface area contributed by atoms with E-state index in [4.69, 9.17) is 9.84 Å². The Labute approximate surface area is 202 Å². The Morgan fingerprint density at radius 3 is 1.77 bits per heavy atom. The molecule has 0 amide bonds. The fourth-order valence-electron chi connectivity index (χ4n) is 4.34. The number of aromatic carboxylic acids is 1. The molecule has 5 aromatic rings. The minimum Gasteiger partial charge on any atom is -0.476 e. The van der Waals surface area contributed by atoms with Crippen LogP contribution in [0.1, 0.15) is 33.0 Å². The molecule has 2 aromatic heterocycles. The summed E-state index contributed by atoms with van der Waals surface area (Å²) in [6.07, 6.45) is 6.17. The Morgan fingerprint density at radius 2 is 1.31 bits per heavy atom. The van der Waals surface area contributed by atoms with Crippen molar-refractivity contribution in [1.29, 1.82) is 0 Å². The maximum atomic E-state index is 11.1. The molecule has 0 radical (unpaired) electrons. The van der Waals surface area contributed by atoms with Crippen molar-refractivity contribution in [2.75, 3.05) is 0 Å². The van der Waals surface area contributed by atoms with Crippen LogP contribution in [0.15, 0.2) is 116 Å². The molecule has 3 aromatic carbocycles. The van der Waals surface area contributed by atoms with E-state index in [2.05, 4.69) is 55.9 Å². The first-order valence-corrected chi connectivity index (χ1v) is 11.1. The smallest absolute Gasteiger partial charge is 0.356 e. The second kappa shape index (κ2) is 9.61. The molecule has 0 unspecified atom stereocenters. The first-order valence-electron chi connectivity index (χ1n) is 11.1. The average Bonchev–Trinajstić information content (AvgIpc) is 3.39. The Bertz CT molecular complexity index is 1310. The molecule has 0 saturated carbocycles. The van der Waals surface area contributed by atoms with Gasteiger partial charge in [-0.3, -0.25) is 0 Å². The Kier molecular flexibility index (Phi) is 6.05. The lowest BCUT2D eigenvalue weighted by Crippen LogP contribution is -2.38. The molecule has 0 aliphatic rings. The van der Waals surface area contributed by atoms with Gasteiger partial charge in [0.05, 0.1) is 12.4 Å². The summed E-state index contributed by atoms with van der Waals surface area (Å²) in [7, 11) is 0. The van der Waals surface area contributed by atoms with E-state index in [-0.39, 0.29) is 18.2 Å². The molecule has 0 spiro atoms. The minimum absolute atomic E-state index is 0.113. The van der Waals surface area contributed by atoms with Crippen LogP contribution in [0.5, 0.6) is 5.88 Å². The van der Waals surface area contributed by atoms with Crippen LogP contribution in [-0.4, -0.2) is 30.6 Å². The summed E-state index contributed by atoms with van der Waals surface area (Å²) in [5, 5.41) is 9.05. The number of hydrogen-bond donors (Lipinski definition) is 1. The van der Waals surface area contributed by atoms with Gasteiger partial charge in [0.25, 0.3) is 0 Å². The van der Waals surface area contributed by atoms with Crippen molar-refractivity contribution in [1.82, 2.24) is 19.5 Å². The first kappa shape index (κ1) is 22.0. The van der Waals surface area contributed by atoms with Crippen LogP contribution in [0.2, 0.25) is 0 Å². The topological polar surface area (TPSA) is 90.1 Å². The predicted octanol–water partition coefficient (Wildman–Crippen LogP) is 4.79. The lowest BCUT2D eigenvalue weighted by Gasteiger charge is -2.38. The summed E-state index contributed by atoms with van der Waals surface area (Å²) >= 11 is 0. The van der Waals surface area contributed by atoms with Crippen LogP contribution >= 0.6 is 0 Å². The van der Waals surface area contributed by atoms with Crippen molar-refractivity contribution in [2.45, 2.75) is 12.1 Å². The molecule has 5 rings (SSSR count). The van der Waals surface area contributed by atoms with Crippen LogP contribution < -0.4 is 4.74 Å². The predicted molar refractivity (Wildman–Crippen MR) is 130 cm³/mol. The Balaban J connectivity index is 1.64. The van der Waals surface area contributed by atoms with Crippen molar-refractivity contribution in [2.24, 2.45) is 0 Å². The Morgan fingerprint density at radius 1 is 0.771 bits per heavy atom. The normalized spacial score (nSPS) is 11.2. The molecule has 0 bridgehead atoms. The third kappa shape index (κ3) is 4.15. The molecule has 7 heteroatoms. The van der Waals surface area contributed by atoms with Gasteiger partial charge in [0.15, 0.2) is 5.69 Å². The van der Waals surface area contributed by atoms with Gasteiger partial charge in [-0.05, 0) is 16.7 Å². The van der Waals surface area contributed by atoms with Crippen LogP contribution in [0, 0.1) is 0 Å². The van der Waals surface area contributed by atoms with Gasteiger partial charge in [-0.15, -0.1) is 0 Å². The van der Waals surface area contributed by atoms with Crippen LogP contribution in [0.3, 0.4) is 0 Å². The summed E-state index contributed by atoms with van der Waals surface area (Å²) in [5.41, 5.74) is 2.36. The maximum absolute atomic E-state index is 11.1. The molecule has 0 saturated heterocycles. The number of rotatable bonds is 8. The van der Waals surface area contributed by atoms with Crippen LogP contribution in [-0.2, 0) is 12.1 Å². The van der Waals surface area contributed by atoms with E-state index in [1.807, 2.05) is 60.8 Å².